The lowest BCUT2D eigenvalue weighted by Gasteiger charge is -2.30. The average molecular weight is 263 g/mol. The Labute approximate surface area is 118 Å². The molecule has 1 rings (SSSR count). The van der Waals surface area contributed by atoms with Crippen LogP contribution in [0.3, 0.4) is 0 Å². The van der Waals surface area contributed by atoms with Crippen molar-refractivity contribution in [2.24, 2.45) is 5.41 Å². The molecule has 0 spiro atoms. The molecule has 19 heavy (non-hydrogen) atoms. The minimum atomic E-state index is -0.250. The van der Waals surface area contributed by atoms with Gasteiger partial charge in [0.1, 0.15) is 0 Å². The second kappa shape index (κ2) is 7.54. The van der Waals surface area contributed by atoms with Gasteiger partial charge < -0.3 is 10.0 Å². The van der Waals surface area contributed by atoms with Crippen LogP contribution in [0.2, 0.25) is 0 Å². The second-order valence-electron chi connectivity index (χ2n) is 6.35. The highest BCUT2D eigenvalue weighted by Crippen LogP contribution is 2.23. The highest BCUT2D eigenvalue weighted by molar-refractivity contribution is 5.45. The molecule has 0 fully saturated rings. The fourth-order valence-corrected chi connectivity index (χ4v) is 2.07. The number of aliphatic hydroxyl groups excluding tert-OH is 1. The van der Waals surface area contributed by atoms with Gasteiger partial charge in [-0.05, 0) is 30.4 Å². The van der Waals surface area contributed by atoms with Crippen LogP contribution in [0.5, 0.6) is 0 Å². The van der Waals surface area contributed by atoms with Gasteiger partial charge in [-0.3, -0.25) is 0 Å². The molecule has 2 nitrogen and oxygen atoms in total. The van der Waals surface area contributed by atoms with Gasteiger partial charge in [0, 0.05) is 18.8 Å². The molecule has 0 radical (unpaired) electrons. The van der Waals surface area contributed by atoms with Crippen molar-refractivity contribution in [3.8, 4) is 0 Å². The molecule has 0 saturated carbocycles. The van der Waals surface area contributed by atoms with Crippen molar-refractivity contribution < 1.29 is 5.11 Å². The standard InChI is InChI=1S/C17H29NO/c1-5-6-13-18(15-10-8-7-9-11-15)14-12-16(19)17(2,3)4/h7-11,16,19H,5-6,12-14H2,1-4H3. The number of hydrogen-bond donors (Lipinski definition) is 1. The zero-order valence-electron chi connectivity index (χ0n) is 12.9. The summed E-state index contributed by atoms with van der Waals surface area (Å²) >= 11 is 0. The third kappa shape index (κ3) is 5.65. The Morgan fingerprint density at radius 3 is 2.26 bits per heavy atom. The first-order valence-corrected chi connectivity index (χ1v) is 7.43. The highest BCUT2D eigenvalue weighted by Gasteiger charge is 2.22. The molecule has 1 aromatic rings. The molecule has 1 aromatic carbocycles. The van der Waals surface area contributed by atoms with E-state index in [9.17, 15) is 5.11 Å². The number of benzene rings is 1. The Morgan fingerprint density at radius 1 is 1.11 bits per heavy atom. The van der Waals surface area contributed by atoms with E-state index in [0.717, 1.165) is 19.5 Å². The van der Waals surface area contributed by atoms with Crippen LogP contribution in [0.15, 0.2) is 30.3 Å². The number of nitrogens with zero attached hydrogens (tertiary/aromatic N) is 1. The molecule has 0 heterocycles. The molecule has 0 aliphatic heterocycles. The summed E-state index contributed by atoms with van der Waals surface area (Å²) in [5.74, 6) is 0. The van der Waals surface area contributed by atoms with E-state index in [0.29, 0.717) is 0 Å². The van der Waals surface area contributed by atoms with Crippen molar-refractivity contribution in [3.05, 3.63) is 30.3 Å². The first-order valence-electron chi connectivity index (χ1n) is 7.43. The molecule has 1 unspecified atom stereocenters. The molecule has 0 saturated heterocycles. The number of rotatable bonds is 7. The van der Waals surface area contributed by atoms with E-state index in [4.69, 9.17) is 0 Å². The quantitative estimate of drug-likeness (QED) is 0.801. The molecule has 108 valence electrons. The molecule has 1 atom stereocenters. The van der Waals surface area contributed by atoms with Gasteiger partial charge in [0.2, 0.25) is 0 Å². The van der Waals surface area contributed by atoms with Crippen molar-refractivity contribution >= 4 is 5.69 Å². The van der Waals surface area contributed by atoms with Crippen LogP contribution in [0.4, 0.5) is 5.69 Å². The Hall–Kier alpha value is -1.02. The number of para-hydroxylation sites is 1. The van der Waals surface area contributed by atoms with E-state index in [1.54, 1.807) is 0 Å². The largest absolute Gasteiger partial charge is 0.393 e. The van der Waals surface area contributed by atoms with Gasteiger partial charge in [-0.25, -0.2) is 0 Å². The summed E-state index contributed by atoms with van der Waals surface area (Å²) in [5, 5.41) is 10.2. The maximum absolute atomic E-state index is 10.2. The Morgan fingerprint density at radius 2 is 1.74 bits per heavy atom. The zero-order valence-corrected chi connectivity index (χ0v) is 12.9. The van der Waals surface area contributed by atoms with Gasteiger partial charge in [-0.2, -0.15) is 0 Å². The summed E-state index contributed by atoms with van der Waals surface area (Å²) in [7, 11) is 0. The van der Waals surface area contributed by atoms with E-state index in [-0.39, 0.29) is 11.5 Å². The number of unbranched alkanes of at least 4 members (excludes halogenated alkanes) is 1. The van der Waals surface area contributed by atoms with Crippen LogP contribution in [0.1, 0.15) is 47.0 Å². The maximum atomic E-state index is 10.2. The summed E-state index contributed by atoms with van der Waals surface area (Å²) in [4.78, 5) is 2.39. The monoisotopic (exact) mass is 263 g/mol. The van der Waals surface area contributed by atoms with Gasteiger partial charge in [0.25, 0.3) is 0 Å². The molecule has 0 bridgehead atoms. The third-order valence-electron chi connectivity index (χ3n) is 3.58. The summed E-state index contributed by atoms with van der Waals surface area (Å²) in [6.07, 6.45) is 2.97. The predicted molar refractivity (Wildman–Crippen MR) is 83.6 cm³/mol. The van der Waals surface area contributed by atoms with Crippen molar-refractivity contribution in [1.82, 2.24) is 0 Å². The lowest BCUT2D eigenvalue weighted by molar-refractivity contribution is 0.0573. The third-order valence-corrected chi connectivity index (χ3v) is 3.58. The van der Waals surface area contributed by atoms with Crippen LogP contribution in [0, 0.1) is 5.41 Å². The van der Waals surface area contributed by atoms with Crippen LogP contribution in [-0.2, 0) is 0 Å². The fraction of sp³-hybridized carbons (Fsp3) is 0.647. The predicted octanol–water partition coefficient (Wildman–Crippen LogP) is 4.09. The molecule has 0 amide bonds. The average Bonchev–Trinajstić information content (AvgIpc) is 2.38. The minimum Gasteiger partial charge on any atom is -0.393 e. The van der Waals surface area contributed by atoms with Crippen LogP contribution in [-0.4, -0.2) is 24.3 Å². The first kappa shape index (κ1) is 16.0. The van der Waals surface area contributed by atoms with E-state index in [1.807, 2.05) is 6.07 Å². The summed E-state index contributed by atoms with van der Waals surface area (Å²) in [6.45, 7) is 10.5. The molecule has 1 N–H and O–H groups in total. The van der Waals surface area contributed by atoms with E-state index in [1.165, 1.54) is 18.5 Å². The smallest absolute Gasteiger partial charge is 0.0605 e. The van der Waals surface area contributed by atoms with Gasteiger partial charge in [0.05, 0.1) is 6.10 Å². The molecule has 2 heteroatoms. The fourth-order valence-electron chi connectivity index (χ4n) is 2.07. The van der Waals surface area contributed by atoms with Gasteiger partial charge >= 0.3 is 0 Å². The van der Waals surface area contributed by atoms with Crippen LogP contribution in [0.25, 0.3) is 0 Å². The van der Waals surface area contributed by atoms with Crippen molar-refractivity contribution in [2.45, 2.75) is 53.1 Å². The van der Waals surface area contributed by atoms with Crippen molar-refractivity contribution in [1.29, 1.82) is 0 Å². The molecular formula is C17H29NO. The van der Waals surface area contributed by atoms with Crippen LogP contribution >= 0.6 is 0 Å². The van der Waals surface area contributed by atoms with Gasteiger partial charge in [0.15, 0.2) is 0 Å². The Bertz CT molecular complexity index is 342. The zero-order chi connectivity index (χ0) is 14.3. The molecular weight excluding hydrogens is 234 g/mol. The van der Waals surface area contributed by atoms with Crippen molar-refractivity contribution in [2.75, 3.05) is 18.0 Å². The van der Waals surface area contributed by atoms with E-state index in [2.05, 4.69) is 56.9 Å². The Balaban J connectivity index is 2.61. The number of hydrogen-bond acceptors (Lipinski definition) is 2. The van der Waals surface area contributed by atoms with E-state index < -0.39 is 0 Å². The number of aliphatic hydroxyl groups is 1. The summed E-state index contributed by atoms with van der Waals surface area (Å²) < 4.78 is 0. The molecule has 0 aliphatic rings. The normalized spacial score (nSPS) is 13.3. The lowest BCUT2D eigenvalue weighted by atomic mass is 9.87. The molecule has 0 aliphatic carbocycles. The van der Waals surface area contributed by atoms with Crippen LogP contribution < -0.4 is 4.90 Å². The van der Waals surface area contributed by atoms with Gasteiger partial charge in [-0.15, -0.1) is 0 Å². The lowest BCUT2D eigenvalue weighted by Crippen LogP contribution is -2.33. The topological polar surface area (TPSA) is 23.5 Å². The van der Waals surface area contributed by atoms with Crippen molar-refractivity contribution in [3.63, 3.8) is 0 Å². The Kier molecular flexibility index (Phi) is 6.36. The highest BCUT2D eigenvalue weighted by atomic mass is 16.3. The minimum absolute atomic E-state index is 0.0346. The second-order valence-corrected chi connectivity index (χ2v) is 6.35. The maximum Gasteiger partial charge on any atom is 0.0605 e. The SMILES string of the molecule is CCCCN(CCC(O)C(C)(C)C)c1ccccc1. The summed E-state index contributed by atoms with van der Waals surface area (Å²) in [6, 6.07) is 10.5. The molecule has 0 aromatic heterocycles. The first-order chi connectivity index (χ1) is 8.95. The summed E-state index contributed by atoms with van der Waals surface area (Å²) in [5.41, 5.74) is 1.23. The van der Waals surface area contributed by atoms with E-state index >= 15 is 0 Å². The van der Waals surface area contributed by atoms with Gasteiger partial charge in [-0.1, -0.05) is 52.3 Å². The number of anilines is 1.